The van der Waals surface area contributed by atoms with Crippen LogP contribution in [0.3, 0.4) is 0 Å². The zero-order valence-electron chi connectivity index (χ0n) is 7.79. The van der Waals surface area contributed by atoms with Crippen molar-refractivity contribution in [2.75, 3.05) is 6.61 Å². The molecule has 1 aromatic carbocycles. The number of hydrogen-bond donors (Lipinski definition) is 1. The Labute approximate surface area is 90.8 Å². The van der Waals surface area contributed by atoms with Crippen molar-refractivity contribution in [3.05, 3.63) is 28.2 Å². The van der Waals surface area contributed by atoms with Crippen molar-refractivity contribution in [2.24, 2.45) is 0 Å². The first-order valence-electron chi connectivity index (χ1n) is 4.30. The van der Waals surface area contributed by atoms with Crippen molar-refractivity contribution >= 4 is 21.9 Å². The monoisotopic (exact) mass is 258 g/mol. The molecule has 0 atom stereocenters. The van der Waals surface area contributed by atoms with E-state index in [1.54, 1.807) is 0 Å². The number of benzene rings is 1. The van der Waals surface area contributed by atoms with E-state index in [0.717, 1.165) is 6.42 Å². The van der Waals surface area contributed by atoms with Gasteiger partial charge in [-0.3, -0.25) is 0 Å². The second-order valence-electron chi connectivity index (χ2n) is 2.80. The molecule has 4 heteroatoms. The van der Waals surface area contributed by atoms with Crippen LogP contribution in [0, 0.1) is 0 Å². The van der Waals surface area contributed by atoms with Crippen LogP contribution in [-0.4, -0.2) is 17.7 Å². The highest BCUT2D eigenvalue weighted by Gasteiger charge is 2.11. The normalized spacial score (nSPS) is 9.86. The van der Waals surface area contributed by atoms with Crippen LogP contribution in [0.5, 0.6) is 5.75 Å². The largest absolute Gasteiger partial charge is 0.508 e. The fraction of sp³-hybridized carbons (Fsp3) is 0.300. The van der Waals surface area contributed by atoms with Crippen LogP contribution in [0.1, 0.15) is 23.7 Å². The summed E-state index contributed by atoms with van der Waals surface area (Å²) in [6, 6.07) is 4.44. The fourth-order valence-corrected chi connectivity index (χ4v) is 1.47. The van der Waals surface area contributed by atoms with Crippen molar-refractivity contribution in [1.29, 1.82) is 0 Å². The number of carbonyl (C=O) groups is 1. The van der Waals surface area contributed by atoms with Crippen molar-refractivity contribution < 1.29 is 14.6 Å². The maximum absolute atomic E-state index is 11.4. The summed E-state index contributed by atoms with van der Waals surface area (Å²) in [4.78, 5) is 11.4. The molecule has 0 fully saturated rings. The Morgan fingerprint density at radius 3 is 2.86 bits per heavy atom. The van der Waals surface area contributed by atoms with E-state index in [-0.39, 0.29) is 11.7 Å². The first-order valence-corrected chi connectivity index (χ1v) is 5.10. The summed E-state index contributed by atoms with van der Waals surface area (Å²) in [5, 5.41) is 9.11. The molecular formula is C10H11BrO3. The lowest BCUT2D eigenvalue weighted by molar-refractivity contribution is 0.0504. The van der Waals surface area contributed by atoms with Gasteiger partial charge >= 0.3 is 5.97 Å². The van der Waals surface area contributed by atoms with Crippen LogP contribution in [-0.2, 0) is 4.74 Å². The molecule has 0 saturated carbocycles. The van der Waals surface area contributed by atoms with Gasteiger partial charge in [-0.15, -0.1) is 0 Å². The van der Waals surface area contributed by atoms with Crippen molar-refractivity contribution in [1.82, 2.24) is 0 Å². The summed E-state index contributed by atoms with van der Waals surface area (Å²) < 4.78 is 5.49. The smallest absolute Gasteiger partial charge is 0.339 e. The number of carbonyl (C=O) groups excluding carboxylic acids is 1. The molecule has 0 aliphatic carbocycles. The van der Waals surface area contributed by atoms with Crippen LogP contribution in [0.25, 0.3) is 0 Å². The number of ether oxygens (including phenoxy) is 1. The highest BCUT2D eigenvalue weighted by molar-refractivity contribution is 9.10. The minimum absolute atomic E-state index is 0.115. The summed E-state index contributed by atoms with van der Waals surface area (Å²) in [5.41, 5.74) is 0.427. The molecule has 0 saturated heterocycles. The van der Waals surface area contributed by atoms with Gasteiger partial charge < -0.3 is 9.84 Å². The molecule has 14 heavy (non-hydrogen) atoms. The second kappa shape index (κ2) is 5.00. The van der Waals surface area contributed by atoms with E-state index in [1.807, 2.05) is 6.92 Å². The average Bonchev–Trinajstić information content (AvgIpc) is 2.14. The minimum Gasteiger partial charge on any atom is -0.508 e. The van der Waals surface area contributed by atoms with Crippen LogP contribution >= 0.6 is 15.9 Å². The molecular weight excluding hydrogens is 248 g/mol. The lowest BCUT2D eigenvalue weighted by Gasteiger charge is -2.04. The Hall–Kier alpha value is -1.03. The molecule has 0 aliphatic rings. The van der Waals surface area contributed by atoms with Gasteiger partial charge in [-0.1, -0.05) is 6.92 Å². The van der Waals surface area contributed by atoms with Gasteiger partial charge in [-0.2, -0.15) is 0 Å². The molecule has 0 aromatic heterocycles. The van der Waals surface area contributed by atoms with Gasteiger partial charge in [0.2, 0.25) is 0 Å². The molecule has 0 radical (unpaired) electrons. The van der Waals surface area contributed by atoms with Crippen LogP contribution in [0.15, 0.2) is 22.7 Å². The molecule has 0 bridgehead atoms. The summed E-state index contributed by atoms with van der Waals surface area (Å²) >= 11 is 3.18. The molecule has 0 unspecified atom stereocenters. The van der Waals surface area contributed by atoms with E-state index in [2.05, 4.69) is 15.9 Å². The summed E-state index contributed by atoms with van der Waals surface area (Å²) in [6.07, 6.45) is 0.793. The Bertz CT molecular complexity index is 336. The van der Waals surface area contributed by atoms with Crippen molar-refractivity contribution in [3.63, 3.8) is 0 Å². The van der Waals surface area contributed by atoms with Crippen LogP contribution < -0.4 is 0 Å². The lowest BCUT2D eigenvalue weighted by Crippen LogP contribution is -2.06. The third kappa shape index (κ3) is 2.73. The molecule has 1 rings (SSSR count). The van der Waals surface area contributed by atoms with Gasteiger partial charge in [0.15, 0.2) is 0 Å². The average molecular weight is 259 g/mol. The SMILES string of the molecule is CCCOC(=O)c1ccc(O)cc1Br. The zero-order chi connectivity index (χ0) is 10.6. The van der Waals surface area contributed by atoms with Crippen molar-refractivity contribution in [2.45, 2.75) is 13.3 Å². The summed E-state index contributed by atoms with van der Waals surface area (Å²) in [7, 11) is 0. The van der Waals surface area contributed by atoms with E-state index < -0.39 is 0 Å². The number of esters is 1. The van der Waals surface area contributed by atoms with Gasteiger partial charge in [-0.25, -0.2) is 4.79 Å². The van der Waals surface area contributed by atoms with Crippen LogP contribution in [0.2, 0.25) is 0 Å². The maximum atomic E-state index is 11.4. The number of rotatable bonds is 3. The van der Waals surface area contributed by atoms with Gasteiger partial charge in [0, 0.05) is 4.47 Å². The molecule has 0 amide bonds. The Morgan fingerprint density at radius 1 is 1.57 bits per heavy atom. The molecule has 1 N–H and O–H groups in total. The van der Waals surface area contributed by atoms with E-state index >= 15 is 0 Å². The molecule has 0 spiro atoms. The topological polar surface area (TPSA) is 46.5 Å². The first kappa shape index (κ1) is 11.0. The third-order valence-corrected chi connectivity index (χ3v) is 2.27. The van der Waals surface area contributed by atoms with Gasteiger partial charge in [-0.05, 0) is 40.5 Å². The predicted molar refractivity (Wildman–Crippen MR) is 56.4 cm³/mol. The standard InChI is InChI=1S/C10H11BrO3/c1-2-5-14-10(13)8-4-3-7(12)6-9(8)11/h3-4,6,12H,2,5H2,1H3. The Morgan fingerprint density at radius 2 is 2.29 bits per heavy atom. The van der Waals surface area contributed by atoms with E-state index in [9.17, 15) is 4.79 Å². The van der Waals surface area contributed by atoms with E-state index in [1.165, 1.54) is 18.2 Å². The maximum Gasteiger partial charge on any atom is 0.339 e. The number of aromatic hydroxyl groups is 1. The first-order chi connectivity index (χ1) is 6.65. The fourth-order valence-electron chi connectivity index (χ4n) is 0.942. The number of phenols is 1. The Kier molecular flexibility index (Phi) is 3.95. The van der Waals surface area contributed by atoms with E-state index in [4.69, 9.17) is 9.84 Å². The van der Waals surface area contributed by atoms with Gasteiger partial charge in [0.1, 0.15) is 5.75 Å². The van der Waals surface area contributed by atoms with Crippen molar-refractivity contribution in [3.8, 4) is 5.75 Å². The Balaban J connectivity index is 2.80. The van der Waals surface area contributed by atoms with E-state index in [0.29, 0.717) is 16.6 Å². The zero-order valence-corrected chi connectivity index (χ0v) is 9.37. The predicted octanol–water partition coefficient (Wildman–Crippen LogP) is 2.72. The summed E-state index contributed by atoms with van der Waals surface area (Å²) in [5.74, 6) is -0.261. The number of phenolic OH excluding ortho intramolecular Hbond substituents is 1. The quantitative estimate of drug-likeness (QED) is 0.849. The van der Waals surface area contributed by atoms with Gasteiger partial charge in [0.25, 0.3) is 0 Å². The molecule has 1 aromatic rings. The highest BCUT2D eigenvalue weighted by atomic mass is 79.9. The number of hydrogen-bond acceptors (Lipinski definition) is 3. The van der Waals surface area contributed by atoms with Crippen LogP contribution in [0.4, 0.5) is 0 Å². The molecule has 0 heterocycles. The van der Waals surface area contributed by atoms with Gasteiger partial charge in [0.05, 0.1) is 12.2 Å². The molecule has 0 aliphatic heterocycles. The second-order valence-corrected chi connectivity index (χ2v) is 3.65. The summed E-state index contributed by atoms with van der Waals surface area (Å²) in [6.45, 7) is 2.34. The minimum atomic E-state index is -0.376. The number of halogens is 1. The lowest BCUT2D eigenvalue weighted by atomic mass is 10.2. The third-order valence-electron chi connectivity index (χ3n) is 1.61. The molecule has 3 nitrogen and oxygen atoms in total. The highest BCUT2D eigenvalue weighted by Crippen LogP contribution is 2.22. The molecule has 76 valence electrons.